The second-order valence-electron chi connectivity index (χ2n) is 1.38. The number of piperazine rings is 1. The largest absolute Gasteiger partial charge is 0.314 e. The molecule has 1 fully saturated rings. The predicted octanol–water partition coefficient (Wildman–Crippen LogP) is 0.204. The fourth-order valence-corrected chi connectivity index (χ4v) is 0.375. The summed E-state index contributed by atoms with van der Waals surface area (Å²) in [7, 11) is 0. The van der Waals surface area contributed by atoms with Gasteiger partial charge in [-0.3, -0.25) is 0 Å². The molecular weight excluding hydrogens is 112 g/mol. The van der Waals surface area contributed by atoms with Crippen LogP contribution in [0.2, 0.25) is 0 Å². The van der Waals surface area contributed by atoms with Gasteiger partial charge in [0.15, 0.2) is 0 Å². The third-order valence-corrected chi connectivity index (χ3v) is 0.750. The van der Waals surface area contributed by atoms with Gasteiger partial charge in [-0.15, -0.1) is 0 Å². The Morgan fingerprint density at radius 3 is 3.56 bits per heavy atom. The Morgan fingerprint density at radius 1 is 1.89 bits per heavy atom. The fourth-order valence-electron chi connectivity index (χ4n) is 0.375. The highest BCUT2D eigenvalue weighted by Gasteiger charge is 2.14. The second kappa shape index (κ2) is 3.18. The van der Waals surface area contributed by atoms with Crippen molar-refractivity contribution in [2.45, 2.75) is 19.7 Å². The minimum atomic E-state index is -3.80. The van der Waals surface area contributed by atoms with Gasteiger partial charge in [0.1, 0.15) is 0 Å². The van der Waals surface area contributed by atoms with Gasteiger partial charge in [-0.25, -0.2) is 0 Å². The summed E-state index contributed by atoms with van der Waals surface area (Å²) in [6, 6.07) is -3.56. The maximum atomic E-state index is 8.06. The van der Waals surface area contributed by atoms with Crippen LogP contribution in [0.5, 0.6) is 0 Å². The minimum absolute atomic E-state index is 1.48. The van der Waals surface area contributed by atoms with Crippen molar-refractivity contribution in [1.29, 1.82) is 0 Å². The lowest BCUT2D eigenvalue weighted by molar-refractivity contribution is 0.342. The standard InChI is InChI=1S/C7H16N2/c1-6(2)7-5-8-3-4-9-7/h6-9H,3-5H2,1-2H3/i1D3,2D3,3D2,4D2,5D2,6D,7D. The van der Waals surface area contributed by atoms with E-state index in [1.54, 1.807) is 0 Å². The van der Waals surface area contributed by atoms with Gasteiger partial charge < -0.3 is 10.6 Å². The molecule has 1 heterocycles. The van der Waals surface area contributed by atoms with E-state index in [4.69, 9.17) is 19.2 Å². The normalized spacial score (nSPS) is 80.9. The highest BCUT2D eigenvalue weighted by atomic mass is 15.1. The van der Waals surface area contributed by atoms with Gasteiger partial charge >= 0.3 is 0 Å². The summed E-state index contributed by atoms with van der Waals surface area (Å²) in [6.07, 6.45) is 0. The van der Waals surface area contributed by atoms with Gasteiger partial charge in [0.25, 0.3) is 0 Å². The Morgan fingerprint density at radius 2 is 2.78 bits per heavy atom. The Kier molecular flexibility index (Phi) is 0.376. The molecule has 1 saturated heterocycles. The fraction of sp³-hybridized carbons (Fsp3) is 1.00. The molecule has 0 amide bonds. The molecule has 54 valence electrons. The maximum Gasteiger partial charge on any atom is 0.0481 e. The molecule has 2 nitrogen and oxygen atoms in total. The number of rotatable bonds is 1. The third kappa shape index (κ3) is 1.95. The van der Waals surface area contributed by atoms with E-state index in [1.165, 1.54) is 10.6 Å². The number of nitrogens with one attached hydrogen (secondary N) is 2. The molecule has 0 aromatic carbocycles. The van der Waals surface area contributed by atoms with Crippen LogP contribution in [0, 0.1) is 5.89 Å². The molecule has 9 heavy (non-hydrogen) atoms. The number of hydrogen-bond acceptors (Lipinski definition) is 2. The monoisotopic (exact) mass is 142 g/mol. The summed E-state index contributed by atoms with van der Waals surface area (Å²) < 4.78 is 105. The molecule has 0 aromatic heterocycles. The summed E-state index contributed by atoms with van der Waals surface area (Å²) in [5, 5.41) is 2.97. The summed E-state index contributed by atoms with van der Waals surface area (Å²) in [5.74, 6) is -3.80. The molecule has 2 heteroatoms. The van der Waals surface area contributed by atoms with Crippen LogP contribution in [-0.4, -0.2) is 25.5 Å². The Balaban J connectivity index is 3.70. The van der Waals surface area contributed by atoms with Crippen LogP contribution >= 0.6 is 0 Å². The zero-order valence-electron chi connectivity index (χ0n) is 18.5. The smallest absolute Gasteiger partial charge is 0.0481 e. The van der Waals surface area contributed by atoms with E-state index in [1.807, 2.05) is 0 Å². The lowest BCUT2D eigenvalue weighted by atomic mass is 10.0. The van der Waals surface area contributed by atoms with Gasteiger partial charge in [0.05, 0.1) is 0 Å². The highest BCUT2D eigenvalue weighted by Crippen LogP contribution is 2.00. The van der Waals surface area contributed by atoms with E-state index < -0.39 is 45.1 Å². The first kappa shape index (κ1) is 1.07. The Labute approximate surface area is 76.7 Å². The lowest BCUT2D eigenvalue weighted by Gasteiger charge is -2.27. The van der Waals surface area contributed by atoms with E-state index in [0.29, 0.717) is 0 Å². The second-order valence-corrected chi connectivity index (χ2v) is 1.38. The minimum Gasteiger partial charge on any atom is -0.314 e. The van der Waals surface area contributed by atoms with Gasteiger partial charge in [0, 0.05) is 44.7 Å². The molecule has 2 N–H and O–H groups in total. The summed E-state index contributed by atoms with van der Waals surface area (Å²) in [5.41, 5.74) is 0. The van der Waals surface area contributed by atoms with Crippen LogP contribution in [0.4, 0.5) is 0 Å². The third-order valence-electron chi connectivity index (χ3n) is 0.750. The van der Waals surface area contributed by atoms with Crippen LogP contribution in [0.25, 0.3) is 0 Å². The van der Waals surface area contributed by atoms with Gasteiger partial charge in [-0.2, -0.15) is 0 Å². The van der Waals surface area contributed by atoms with Gasteiger partial charge in [-0.1, -0.05) is 13.7 Å². The van der Waals surface area contributed by atoms with E-state index in [2.05, 4.69) is 0 Å². The summed E-state index contributed by atoms with van der Waals surface area (Å²) in [4.78, 5) is 0. The molecule has 0 bridgehead atoms. The van der Waals surface area contributed by atoms with Crippen LogP contribution in [0.15, 0.2) is 0 Å². The van der Waals surface area contributed by atoms with Crippen molar-refractivity contribution in [3.8, 4) is 0 Å². The molecule has 1 aliphatic rings. The molecule has 1 rings (SSSR count). The van der Waals surface area contributed by atoms with Crippen molar-refractivity contribution < 1.29 is 19.2 Å². The highest BCUT2D eigenvalue weighted by molar-refractivity contribution is 4.77. The van der Waals surface area contributed by atoms with Gasteiger partial charge in [-0.05, 0) is 5.89 Å². The number of hydrogen-bond donors (Lipinski definition) is 2. The first-order chi connectivity index (χ1) is 9.66. The quantitative estimate of drug-likeness (QED) is 0.547. The SMILES string of the molecule is [2H]C([2H])([2H])C([2H])(C([2H])([2H])[2H])C1([2H])NC([2H])([2H])C([2H])([2H])NC1([2H])[2H]. The Bertz CT molecular complexity index is 462. The van der Waals surface area contributed by atoms with Crippen molar-refractivity contribution in [1.82, 2.24) is 10.6 Å². The summed E-state index contributed by atoms with van der Waals surface area (Å²) in [6.45, 7) is -17.1. The first-order valence-electron chi connectivity index (χ1n) is 9.25. The molecule has 0 radical (unpaired) electrons. The van der Waals surface area contributed by atoms with E-state index in [0.717, 1.165) is 0 Å². The lowest BCUT2D eigenvalue weighted by Crippen LogP contribution is -2.50. The molecule has 0 saturated carbocycles. The van der Waals surface area contributed by atoms with E-state index in [-0.39, 0.29) is 0 Å². The van der Waals surface area contributed by atoms with Crippen molar-refractivity contribution >= 4 is 0 Å². The van der Waals surface area contributed by atoms with Crippen molar-refractivity contribution in [2.75, 3.05) is 19.5 Å². The first-order valence-corrected chi connectivity index (χ1v) is 2.25. The van der Waals surface area contributed by atoms with Crippen LogP contribution < -0.4 is 10.6 Å². The van der Waals surface area contributed by atoms with Gasteiger partial charge in [0.2, 0.25) is 0 Å². The predicted molar refractivity (Wildman–Crippen MR) is 39.5 cm³/mol. The zero-order chi connectivity index (χ0) is 18.9. The zero-order valence-corrected chi connectivity index (χ0v) is 4.50. The van der Waals surface area contributed by atoms with E-state index in [9.17, 15) is 0 Å². The molecule has 1 aliphatic heterocycles. The Hall–Kier alpha value is -0.0800. The van der Waals surface area contributed by atoms with Crippen LogP contribution in [0.3, 0.4) is 0 Å². The molecule has 0 spiro atoms. The van der Waals surface area contributed by atoms with Crippen molar-refractivity contribution in [3.05, 3.63) is 0 Å². The summed E-state index contributed by atoms with van der Waals surface area (Å²) >= 11 is 0. The molecule has 1 atom stereocenters. The topological polar surface area (TPSA) is 24.1 Å². The van der Waals surface area contributed by atoms with Crippen molar-refractivity contribution in [2.24, 2.45) is 5.89 Å². The van der Waals surface area contributed by atoms with Crippen LogP contribution in [-0.2, 0) is 0 Å². The van der Waals surface area contributed by atoms with Crippen molar-refractivity contribution in [3.63, 3.8) is 0 Å². The van der Waals surface area contributed by atoms with Crippen LogP contribution in [0.1, 0.15) is 32.9 Å². The molecule has 1 unspecified atom stereocenters. The average molecular weight is 142 g/mol. The molecule has 0 aliphatic carbocycles. The molecule has 0 aromatic rings. The maximum absolute atomic E-state index is 8.06. The average Bonchev–Trinajstić information content (AvgIpc) is 2.20. The van der Waals surface area contributed by atoms with E-state index >= 15 is 0 Å². The molecular formula is C7H16N2.